The van der Waals surface area contributed by atoms with E-state index in [1.165, 1.54) is 16.2 Å². The van der Waals surface area contributed by atoms with Gasteiger partial charge in [-0.3, -0.25) is 9.59 Å². The molecular weight excluding hydrogens is 481 g/mol. The van der Waals surface area contributed by atoms with Crippen molar-refractivity contribution in [2.45, 2.75) is 50.7 Å². The first-order valence-corrected chi connectivity index (χ1v) is 12.2. The number of halogens is 2. The monoisotopic (exact) mass is 507 g/mol. The number of nitrogens with one attached hydrogen (secondary N) is 3. The lowest BCUT2D eigenvalue weighted by Gasteiger charge is -2.32. The number of nitrogens with zero attached hydrogens (tertiary/aromatic N) is 2. The average Bonchev–Trinajstić information content (AvgIpc) is 3.38. The van der Waals surface area contributed by atoms with Crippen LogP contribution in [-0.2, 0) is 13.0 Å². The second-order valence-corrected chi connectivity index (χ2v) is 10.3. The van der Waals surface area contributed by atoms with Crippen LogP contribution in [0.4, 0.5) is 0 Å². The number of benzene rings is 1. The van der Waals surface area contributed by atoms with Crippen molar-refractivity contribution in [1.82, 2.24) is 25.5 Å². The largest absolute Gasteiger partial charge is 0.351 e. The highest BCUT2D eigenvalue weighted by molar-refractivity contribution is 7.13. The predicted octanol–water partition coefficient (Wildman–Crippen LogP) is 4.16. The molecule has 0 radical (unpaired) electrons. The highest BCUT2D eigenvalue weighted by Gasteiger charge is 2.30. The lowest BCUT2D eigenvalue weighted by atomic mass is 9.90. The SMILES string of the molecule is CN1CCc2nc(C(=O)N[C@H]3CCCC[C@@H]3NC(=O)c3cc4cc(Cl)ccc4[nH]3)sc2C1.Cl. The fourth-order valence-corrected chi connectivity index (χ4v) is 5.87. The molecule has 2 aliphatic rings. The van der Waals surface area contributed by atoms with E-state index in [4.69, 9.17) is 11.6 Å². The minimum Gasteiger partial charge on any atom is -0.351 e. The molecular formula is C23H27Cl2N5O2S. The minimum atomic E-state index is -0.170. The normalized spacial score (nSPS) is 20.7. The van der Waals surface area contributed by atoms with Gasteiger partial charge in [0, 0.05) is 52.4 Å². The number of hydrogen-bond acceptors (Lipinski definition) is 5. The van der Waals surface area contributed by atoms with Gasteiger partial charge in [-0.1, -0.05) is 24.4 Å². The van der Waals surface area contributed by atoms with E-state index in [1.54, 1.807) is 6.07 Å². The number of carbonyl (C=O) groups excluding carboxylic acids is 2. The summed E-state index contributed by atoms with van der Waals surface area (Å²) < 4.78 is 0. The van der Waals surface area contributed by atoms with E-state index in [-0.39, 0.29) is 36.3 Å². The molecule has 0 saturated heterocycles. The Labute approximate surface area is 207 Å². The molecule has 0 unspecified atom stereocenters. The van der Waals surface area contributed by atoms with Gasteiger partial charge in [0.05, 0.1) is 5.69 Å². The summed E-state index contributed by atoms with van der Waals surface area (Å²) in [5, 5.41) is 8.33. The third-order valence-electron chi connectivity index (χ3n) is 6.34. The van der Waals surface area contributed by atoms with Crippen LogP contribution in [0, 0.1) is 0 Å². The molecule has 1 saturated carbocycles. The van der Waals surface area contributed by atoms with Gasteiger partial charge in [-0.2, -0.15) is 0 Å². The number of amides is 2. The van der Waals surface area contributed by atoms with E-state index in [2.05, 4.69) is 32.5 Å². The van der Waals surface area contributed by atoms with Gasteiger partial charge >= 0.3 is 0 Å². The Hall–Kier alpha value is -2.13. The first-order chi connectivity index (χ1) is 15.5. The molecule has 1 aliphatic heterocycles. The molecule has 10 heteroatoms. The molecule has 3 N–H and O–H groups in total. The van der Waals surface area contributed by atoms with Crippen molar-refractivity contribution in [2.75, 3.05) is 13.6 Å². The molecule has 0 spiro atoms. The highest BCUT2D eigenvalue weighted by Crippen LogP contribution is 2.26. The summed E-state index contributed by atoms with van der Waals surface area (Å²) in [4.78, 5) is 37.1. The highest BCUT2D eigenvalue weighted by atomic mass is 35.5. The van der Waals surface area contributed by atoms with Crippen LogP contribution in [0.15, 0.2) is 24.3 Å². The summed E-state index contributed by atoms with van der Waals surface area (Å²) in [6.07, 6.45) is 4.61. The summed E-state index contributed by atoms with van der Waals surface area (Å²) >= 11 is 7.54. The van der Waals surface area contributed by atoms with E-state index >= 15 is 0 Å². The third kappa shape index (κ3) is 5.19. The van der Waals surface area contributed by atoms with Crippen LogP contribution in [0.5, 0.6) is 0 Å². The summed E-state index contributed by atoms with van der Waals surface area (Å²) in [6.45, 7) is 1.81. The average molecular weight is 508 g/mol. The van der Waals surface area contributed by atoms with Crippen LogP contribution >= 0.6 is 35.3 Å². The number of hydrogen-bond donors (Lipinski definition) is 3. The zero-order valence-electron chi connectivity index (χ0n) is 18.3. The van der Waals surface area contributed by atoms with Crippen molar-refractivity contribution >= 4 is 58.1 Å². The van der Waals surface area contributed by atoms with Crippen molar-refractivity contribution < 1.29 is 9.59 Å². The molecule has 1 fully saturated rings. The summed E-state index contributed by atoms with van der Waals surface area (Å²) in [7, 11) is 2.08. The van der Waals surface area contributed by atoms with Crippen LogP contribution in [-0.4, -0.2) is 52.4 Å². The third-order valence-corrected chi connectivity index (χ3v) is 7.66. The van der Waals surface area contributed by atoms with E-state index in [1.807, 2.05) is 18.2 Å². The Kier molecular flexibility index (Phi) is 7.28. The summed E-state index contributed by atoms with van der Waals surface area (Å²) in [5.41, 5.74) is 2.41. The maximum absolute atomic E-state index is 13.0. The van der Waals surface area contributed by atoms with Crippen molar-refractivity contribution in [1.29, 1.82) is 0 Å². The molecule has 3 heterocycles. The topological polar surface area (TPSA) is 90.1 Å². The van der Waals surface area contributed by atoms with Crippen LogP contribution in [0.25, 0.3) is 10.9 Å². The molecule has 0 bridgehead atoms. The van der Waals surface area contributed by atoms with Crippen LogP contribution in [0.1, 0.15) is 56.5 Å². The first kappa shape index (κ1) is 24.0. The van der Waals surface area contributed by atoms with E-state index in [0.717, 1.165) is 61.8 Å². The number of rotatable bonds is 4. The lowest BCUT2D eigenvalue weighted by Crippen LogP contribution is -2.53. The zero-order valence-corrected chi connectivity index (χ0v) is 20.7. The van der Waals surface area contributed by atoms with Crippen molar-refractivity contribution in [3.8, 4) is 0 Å². The number of carbonyl (C=O) groups is 2. The van der Waals surface area contributed by atoms with Gasteiger partial charge in [-0.05, 0) is 44.2 Å². The molecule has 2 atom stereocenters. The predicted molar refractivity (Wildman–Crippen MR) is 134 cm³/mol. The molecule has 2 aromatic heterocycles. The van der Waals surface area contributed by atoms with Crippen molar-refractivity contribution in [3.63, 3.8) is 0 Å². The second kappa shape index (κ2) is 10.0. The van der Waals surface area contributed by atoms with Crippen molar-refractivity contribution in [2.24, 2.45) is 0 Å². The van der Waals surface area contributed by atoms with Gasteiger partial charge in [0.2, 0.25) is 0 Å². The molecule has 2 amide bonds. The van der Waals surface area contributed by atoms with Gasteiger partial charge in [0.15, 0.2) is 5.01 Å². The molecule has 1 aliphatic carbocycles. The Bertz CT molecular complexity index is 1180. The molecule has 3 aromatic rings. The van der Waals surface area contributed by atoms with Gasteiger partial charge in [0.25, 0.3) is 11.8 Å². The minimum absolute atomic E-state index is 0. The van der Waals surface area contributed by atoms with Crippen LogP contribution in [0.2, 0.25) is 5.02 Å². The number of aromatic nitrogens is 2. The molecule has 5 rings (SSSR count). The van der Waals surface area contributed by atoms with Gasteiger partial charge in [-0.25, -0.2) is 4.98 Å². The van der Waals surface area contributed by atoms with Gasteiger partial charge in [0.1, 0.15) is 5.69 Å². The number of thiazole rings is 1. The second-order valence-electron chi connectivity index (χ2n) is 8.74. The van der Waals surface area contributed by atoms with E-state index < -0.39 is 0 Å². The standard InChI is InChI=1S/C23H26ClN5O2S.ClH/c1-29-9-8-18-20(12-29)32-23(28-18)22(31)27-17-5-3-2-4-16(17)26-21(30)19-11-13-10-14(24)6-7-15(13)25-19;/h6-7,10-11,16-17,25H,2-5,8-9,12H2,1H3,(H,26,30)(H,27,31);1H/t16-,17-;/m0./s1. The molecule has 33 heavy (non-hydrogen) atoms. The molecule has 7 nitrogen and oxygen atoms in total. The number of fused-ring (bicyclic) bond motifs is 2. The maximum Gasteiger partial charge on any atom is 0.280 e. The fraction of sp³-hybridized carbons (Fsp3) is 0.435. The molecule has 1 aromatic carbocycles. The first-order valence-electron chi connectivity index (χ1n) is 11.0. The summed E-state index contributed by atoms with van der Waals surface area (Å²) in [5.74, 6) is -0.310. The van der Waals surface area contributed by atoms with E-state index in [9.17, 15) is 9.59 Å². The van der Waals surface area contributed by atoms with E-state index in [0.29, 0.717) is 15.7 Å². The Morgan fingerprint density at radius 3 is 2.64 bits per heavy atom. The maximum atomic E-state index is 13.0. The lowest BCUT2D eigenvalue weighted by molar-refractivity contribution is 0.0860. The van der Waals surface area contributed by atoms with Crippen molar-refractivity contribution in [3.05, 3.63) is 50.6 Å². The van der Waals surface area contributed by atoms with Gasteiger partial charge in [-0.15, -0.1) is 23.7 Å². The Morgan fingerprint density at radius 2 is 1.88 bits per heavy atom. The quantitative estimate of drug-likeness (QED) is 0.494. The zero-order chi connectivity index (χ0) is 22.2. The molecule has 176 valence electrons. The number of likely N-dealkylation sites (N-methyl/N-ethyl adjacent to an activating group) is 1. The fourth-order valence-electron chi connectivity index (χ4n) is 4.60. The summed E-state index contributed by atoms with van der Waals surface area (Å²) in [6, 6.07) is 7.08. The Morgan fingerprint density at radius 1 is 1.15 bits per heavy atom. The number of aromatic amines is 1. The smallest absolute Gasteiger partial charge is 0.280 e. The van der Waals surface area contributed by atoms with Crippen LogP contribution < -0.4 is 10.6 Å². The van der Waals surface area contributed by atoms with Crippen LogP contribution in [0.3, 0.4) is 0 Å². The number of H-pyrrole nitrogens is 1. The Balaban J connectivity index is 0.00000259. The van der Waals surface area contributed by atoms with Gasteiger partial charge < -0.3 is 20.5 Å².